The maximum Gasteiger partial charge on any atom is 0.419 e. The molecule has 1 nitrogen and oxygen atoms in total. The van der Waals surface area contributed by atoms with Gasteiger partial charge in [0.25, 0.3) is 0 Å². The molecule has 29 heavy (non-hydrogen) atoms. The first-order valence-electron chi connectivity index (χ1n) is 10.5. The van der Waals surface area contributed by atoms with Crippen molar-refractivity contribution >= 4 is 0 Å². The summed E-state index contributed by atoms with van der Waals surface area (Å²) in [6.07, 6.45) is 2.35. The molecule has 0 aliphatic heterocycles. The maximum absolute atomic E-state index is 14.5. The number of hydrogen-bond acceptors (Lipinski definition) is 1. The molecule has 0 atom stereocenters. The summed E-state index contributed by atoms with van der Waals surface area (Å²) in [5.41, 5.74) is 0.0966. The molecule has 158 valence electrons. The standard InChI is InChI=1S/C24H28F4O/c1-3-5-16-6-8-17(9-7-16)18-10-12-19(13-11-18)20-14-15-21(29-4-2)23(25)22(20)24(26,27)28/h10-17H,3-9H2,1-2H3/t16-,17-. The summed E-state index contributed by atoms with van der Waals surface area (Å²) in [4.78, 5) is 0. The summed E-state index contributed by atoms with van der Waals surface area (Å²) < 4.78 is 60.3. The van der Waals surface area contributed by atoms with Crippen molar-refractivity contribution in [3.05, 3.63) is 53.3 Å². The Kier molecular flexibility index (Phi) is 6.86. The molecule has 1 aliphatic carbocycles. The molecule has 2 aromatic carbocycles. The van der Waals surface area contributed by atoms with Gasteiger partial charge in [0.1, 0.15) is 5.56 Å². The van der Waals surface area contributed by atoms with Gasteiger partial charge < -0.3 is 4.74 Å². The molecule has 0 radical (unpaired) electrons. The molecule has 3 rings (SSSR count). The van der Waals surface area contributed by atoms with Crippen LogP contribution in [0.4, 0.5) is 17.6 Å². The van der Waals surface area contributed by atoms with Crippen molar-refractivity contribution in [2.45, 2.75) is 64.5 Å². The average Bonchev–Trinajstić information content (AvgIpc) is 2.69. The van der Waals surface area contributed by atoms with Crippen LogP contribution in [0.3, 0.4) is 0 Å². The topological polar surface area (TPSA) is 9.23 Å². The van der Waals surface area contributed by atoms with Gasteiger partial charge in [0.05, 0.1) is 6.61 Å². The summed E-state index contributed by atoms with van der Waals surface area (Å²) in [7, 11) is 0. The summed E-state index contributed by atoms with van der Waals surface area (Å²) in [5.74, 6) is -0.466. The fourth-order valence-corrected chi connectivity index (χ4v) is 4.47. The smallest absolute Gasteiger partial charge is 0.419 e. The van der Waals surface area contributed by atoms with Crippen molar-refractivity contribution < 1.29 is 22.3 Å². The van der Waals surface area contributed by atoms with Gasteiger partial charge in [-0.2, -0.15) is 13.2 Å². The second kappa shape index (κ2) is 9.19. The minimum absolute atomic E-state index is 0.1000. The van der Waals surface area contributed by atoms with E-state index in [0.717, 1.165) is 24.3 Å². The molecule has 1 saturated carbocycles. The van der Waals surface area contributed by atoms with Gasteiger partial charge in [-0.3, -0.25) is 0 Å². The van der Waals surface area contributed by atoms with Gasteiger partial charge in [-0.05, 0) is 73.3 Å². The van der Waals surface area contributed by atoms with Crippen LogP contribution < -0.4 is 4.74 Å². The molecule has 1 aliphatic rings. The SMILES string of the molecule is CCC[C@H]1CC[C@H](c2ccc(-c3ccc(OCC)c(F)c3C(F)(F)F)cc2)CC1. The molecule has 2 aromatic rings. The zero-order valence-corrected chi connectivity index (χ0v) is 17.0. The minimum atomic E-state index is -4.80. The van der Waals surface area contributed by atoms with Crippen LogP contribution in [0.1, 0.15) is 69.4 Å². The van der Waals surface area contributed by atoms with E-state index in [1.807, 2.05) is 12.1 Å². The van der Waals surface area contributed by atoms with Crippen molar-refractivity contribution in [3.63, 3.8) is 0 Å². The summed E-state index contributed by atoms with van der Waals surface area (Å²) in [5, 5.41) is 0. The lowest BCUT2D eigenvalue weighted by molar-refractivity contribution is -0.139. The molecular weight excluding hydrogens is 380 g/mol. The summed E-state index contributed by atoms with van der Waals surface area (Å²) in [6.45, 7) is 3.92. The highest BCUT2D eigenvalue weighted by Crippen LogP contribution is 2.43. The third-order valence-corrected chi connectivity index (χ3v) is 5.93. The molecule has 0 spiro atoms. The normalized spacial score (nSPS) is 19.9. The maximum atomic E-state index is 14.5. The zero-order valence-electron chi connectivity index (χ0n) is 17.0. The fraction of sp³-hybridized carbons (Fsp3) is 0.500. The van der Waals surface area contributed by atoms with Gasteiger partial charge >= 0.3 is 6.18 Å². The van der Waals surface area contributed by atoms with Crippen LogP contribution in [-0.4, -0.2) is 6.61 Å². The van der Waals surface area contributed by atoms with Gasteiger partial charge in [-0.1, -0.05) is 44.0 Å². The van der Waals surface area contributed by atoms with Gasteiger partial charge in [0, 0.05) is 0 Å². The number of halogens is 4. The van der Waals surface area contributed by atoms with E-state index >= 15 is 0 Å². The first-order valence-corrected chi connectivity index (χ1v) is 10.5. The summed E-state index contributed by atoms with van der Waals surface area (Å²) >= 11 is 0. The molecule has 0 heterocycles. The van der Waals surface area contributed by atoms with Gasteiger partial charge in [0.2, 0.25) is 0 Å². The van der Waals surface area contributed by atoms with E-state index in [9.17, 15) is 17.6 Å². The van der Waals surface area contributed by atoms with Crippen LogP contribution >= 0.6 is 0 Å². The largest absolute Gasteiger partial charge is 0.491 e. The van der Waals surface area contributed by atoms with Gasteiger partial charge in [-0.25, -0.2) is 4.39 Å². The highest BCUT2D eigenvalue weighted by Gasteiger charge is 2.38. The molecule has 0 saturated heterocycles. The molecule has 0 unspecified atom stereocenters. The lowest BCUT2D eigenvalue weighted by Crippen LogP contribution is -2.13. The molecular formula is C24H28F4O. The third kappa shape index (κ3) is 4.93. The van der Waals surface area contributed by atoms with E-state index < -0.39 is 17.6 Å². The van der Waals surface area contributed by atoms with Crippen LogP contribution in [0, 0.1) is 11.7 Å². The number of rotatable bonds is 6. The third-order valence-electron chi connectivity index (χ3n) is 5.93. The Balaban J connectivity index is 1.86. The average molecular weight is 408 g/mol. The van der Waals surface area contributed by atoms with Gasteiger partial charge in [0.15, 0.2) is 11.6 Å². The monoisotopic (exact) mass is 408 g/mol. The predicted molar refractivity (Wildman–Crippen MR) is 108 cm³/mol. The molecule has 0 bridgehead atoms. The fourth-order valence-electron chi connectivity index (χ4n) is 4.47. The second-order valence-corrected chi connectivity index (χ2v) is 7.86. The van der Waals surface area contributed by atoms with Crippen LogP contribution in [0.15, 0.2) is 36.4 Å². The van der Waals surface area contributed by atoms with E-state index in [0.29, 0.717) is 11.5 Å². The Morgan fingerprint density at radius 1 is 0.931 bits per heavy atom. The molecule has 0 N–H and O–H groups in total. The van der Waals surface area contributed by atoms with Crippen molar-refractivity contribution in [2.24, 2.45) is 5.92 Å². The molecule has 1 fully saturated rings. The van der Waals surface area contributed by atoms with Crippen molar-refractivity contribution in [2.75, 3.05) is 6.61 Å². The zero-order chi connectivity index (χ0) is 21.0. The Morgan fingerprint density at radius 3 is 2.14 bits per heavy atom. The number of benzene rings is 2. The molecule has 0 aromatic heterocycles. The lowest BCUT2D eigenvalue weighted by Gasteiger charge is -2.28. The van der Waals surface area contributed by atoms with Crippen LogP contribution in [0.5, 0.6) is 5.75 Å². The highest BCUT2D eigenvalue weighted by molar-refractivity contribution is 5.70. The lowest BCUT2D eigenvalue weighted by atomic mass is 9.77. The van der Waals surface area contributed by atoms with Gasteiger partial charge in [-0.15, -0.1) is 0 Å². The summed E-state index contributed by atoms with van der Waals surface area (Å²) in [6, 6.07) is 9.72. The Labute approximate surface area is 170 Å². The second-order valence-electron chi connectivity index (χ2n) is 7.86. The van der Waals surface area contributed by atoms with Crippen molar-refractivity contribution in [3.8, 4) is 16.9 Å². The first-order chi connectivity index (χ1) is 13.8. The number of hydrogen-bond donors (Lipinski definition) is 0. The predicted octanol–water partition coefficient (Wildman–Crippen LogP) is 7.98. The number of alkyl halides is 3. The van der Waals surface area contributed by atoms with Crippen molar-refractivity contribution in [1.29, 1.82) is 0 Å². The van der Waals surface area contributed by atoms with E-state index in [1.165, 1.54) is 37.8 Å². The molecule has 5 heteroatoms. The van der Waals surface area contributed by atoms with E-state index in [1.54, 1.807) is 19.1 Å². The van der Waals surface area contributed by atoms with E-state index in [-0.39, 0.29) is 17.9 Å². The van der Waals surface area contributed by atoms with Crippen LogP contribution in [0.2, 0.25) is 0 Å². The molecule has 0 amide bonds. The van der Waals surface area contributed by atoms with E-state index in [2.05, 4.69) is 6.92 Å². The Hall–Kier alpha value is -2.04. The minimum Gasteiger partial charge on any atom is -0.491 e. The Bertz CT molecular complexity index is 803. The van der Waals surface area contributed by atoms with Crippen LogP contribution in [0.25, 0.3) is 11.1 Å². The van der Waals surface area contributed by atoms with Crippen LogP contribution in [-0.2, 0) is 6.18 Å². The van der Waals surface area contributed by atoms with E-state index in [4.69, 9.17) is 4.74 Å². The van der Waals surface area contributed by atoms with Crippen molar-refractivity contribution in [1.82, 2.24) is 0 Å². The highest BCUT2D eigenvalue weighted by atomic mass is 19.4. The number of ether oxygens (including phenoxy) is 1. The first kappa shape index (κ1) is 21.7. The quantitative estimate of drug-likeness (QED) is 0.440. The Morgan fingerprint density at radius 2 is 1.59 bits per heavy atom.